The van der Waals surface area contributed by atoms with Gasteiger partial charge in [0.25, 0.3) is 0 Å². The SMILES string of the molecule is CCN(CCOC)S(=O)(=O)c1cc(CCl)cc(F)c1F. The van der Waals surface area contributed by atoms with Gasteiger partial charge in [-0.25, -0.2) is 17.2 Å². The molecular weight excluding hydrogens is 312 g/mol. The van der Waals surface area contributed by atoms with Crippen molar-refractivity contribution in [2.75, 3.05) is 26.8 Å². The van der Waals surface area contributed by atoms with Gasteiger partial charge in [0.2, 0.25) is 10.0 Å². The van der Waals surface area contributed by atoms with Gasteiger partial charge in [0.05, 0.1) is 6.61 Å². The Morgan fingerprint density at radius 3 is 2.50 bits per heavy atom. The van der Waals surface area contributed by atoms with Crippen molar-refractivity contribution in [2.24, 2.45) is 0 Å². The molecule has 0 atom stereocenters. The zero-order valence-corrected chi connectivity index (χ0v) is 12.8. The fourth-order valence-electron chi connectivity index (χ4n) is 1.66. The molecule has 0 radical (unpaired) electrons. The maximum absolute atomic E-state index is 13.8. The second-order valence-corrected chi connectivity index (χ2v) is 6.19. The number of hydrogen-bond acceptors (Lipinski definition) is 3. The smallest absolute Gasteiger partial charge is 0.246 e. The van der Waals surface area contributed by atoms with Crippen LogP contribution in [0.25, 0.3) is 0 Å². The number of benzene rings is 1. The lowest BCUT2D eigenvalue weighted by atomic mass is 10.2. The van der Waals surface area contributed by atoms with Gasteiger partial charge >= 0.3 is 0 Å². The maximum Gasteiger partial charge on any atom is 0.246 e. The molecule has 0 aliphatic rings. The Morgan fingerprint density at radius 2 is 2.00 bits per heavy atom. The number of methoxy groups -OCH3 is 1. The minimum atomic E-state index is -4.13. The Bertz CT molecular complexity index is 566. The highest BCUT2D eigenvalue weighted by atomic mass is 35.5. The average molecular weight is 328 g/mol. The summed E-state index contributed by atoms with van der Waals surface area (Å²) in [5, 5.41) is 0. The number of alkyl halides is 1. The summed E-state index contributed by atoms with van der Waals surface area (Å²) >= 11 is 5.55. The van der Waals surface area contributed by atoms with Gasteiger partial charge in [0.1, 0.15) is 4.90 Å². The Kier molecular flexibility index (Phi) is 6.32. The molecule has 0 aliphatic heterocycles. The largest absolute Gasteiger partial charge is 0.383 e. The van der Waals surface area contributed by atoms with Crippen LogP contribution in [0.2, 0.25) is 0 Å². The highest BCUT2D eigenvalue weighted by molar-refractivity contribution is 7.89. The monoisotopic (exact) mass is 327 g/mol. The van der Waals surface area contributed by atoms with Crippen LogP contribution in [0, 0.1) is 11.6 Å². The van der Waals surface area contributed by atoms with E-state index in [1.54, 1.807) is 6.92 Å². The molecule has 0 N–H and O–H groups in total. The molecule has 1 aromatic rings. The molecule has 0 amide bonds. The molecule has 0 saturated carbocycles. The van der Waals surface area contributed by atoms with Crippen LogP contribution in [0.1, 0.15) is 12.5 Å². The highest BCUT2D eigenvalue weighted by Crippen LogP contribution is 2.24. The van der Waals surface area contributed by atoms with Crippen molar-refractivity contribution in [1.29, 1.82) is 0 Å². The van der Waals surface area contributed by atoms with Gasteiger partial charge in [0, 0.05) is 26.1 Å². The third-order valence-electron chi connectivity index (χ3n) is 2.72. The van der Waals surface area contributed by atoms with Gasteiger partial charge < -0.3 is 4.74 Å². The Morgan fingerprint density at radius 1 is 1.35 bits per heavy atom. The fourth-order valence-corrected chi connectivity index (χ4v) is 3.37. The normalized spacial score (nSPS) is 12.1. The number of sulfonamides is 1. The molecule has 0 heterocycles. The summed E-state index contributed by atoms with van der Waals surface area (Å²) in [5.41, 5.74) is 0.201. The van der Waals surface area contributed by atoms with Crippen LogP contribution < -0.4 is 0 Å². The van der Waals surface area contributed by atoms with E-state index in [0.29, 0.717) is 0 Å². The summed E-state index contributed by atoms with van der Waals surface area (Å²) in [6, 6.07) is 1.93. The second kappa shape index (κ2) is 7.31. The summed E-state index contributed by atoms with van der Waals surface area (Å²) in [6.45, 7) is 1.94. The Balaban J connectivity index is 3.29. The third kappa shape index (κ3) is 3.66. The molecule has 4 nitrogen and oxygen atoms in total. The molecule has 0 aliphatic carbocycles. The van der Waals surface area contributed by atoms with E-state index in [9.17, 15) is 17.2 Å². The molecule has 1 rings (SSSR count). The Hall–Kier alpha value is -0.760. The standard InChI is InChI=1S/C12H16ClF2NO3S/c1-3-16(4-5-19-2)20(17,18)11-7-9(8-13)6-10(14)12(11)15/h6-7H,3-5,8H2,1-2H3. The van der Waals surface area contributed by atoms with Crippen molar-refractivity contribution < 1.29 is 21.9 Å². The average Bonchev–Trinajstić information content (AvgIpc) is 2.42. The molecule has 20 heavy (non-hydrogen) atoms. The summed E-state index contributed by atoms with van der Waals surface area (Å²) in [6.07, 6.45) is 0. The molecule has 0 unspecified atom stereocenters. The first-order chi connectivity index (χ1) is 9.38. The lowest BCUT2D eigenvalue weighted by molar-refractivity contribution is 0.180. The van der Waals surface area contributed by atoms with E-state index in [2.05, 4.69) is 0 Å². The van der Waals surface area contributed by atoms with Crippen molar-refractivity contribution in [1.82, 2.24) is 4.31 Å². The molecule has 0 aromatic heterocycles. The van der Waals surface area contributed by atoms with E-state index >= 15 is 0 Å². The van der Waals surface area contributed by atoms with Crippen LogP contribution in [0.3, 0.4) is 0 Å². The number of nitrogens with zero attached hydrogens (tertiary/aromatic N) is 1. The van der Waals surface area contributed by atoms with E-state index in [1.807, 2.05) is 0 Å². The quantitative estimate of drug-likeness (QED) is 0.722. The van der Waals surface area contributed by atoms with Crippen LogP contribution >= 0.6 is 11.6 Å². The first-order valence-corrected chi connectivity index (χ1v) is 7.88. The van der Waals surface area contributed by atoms with Crippen LogP contribution in [-0.4, -0.2) is 39.5 Å². The zero-order valence-electron chi connectivity index (χ0n) is 11.2. The molecule has 114 valence electrons. The van der Waals surface area contributed by atoms with E-state index in [-0.39, 0.29) is 31.1 Å². The lowest BCUT2D eigenvalue weighted by Gasteiger charge is -2.20. The summed E-state index contributed by atoms with van der Waals surface area (Å²) in [5.74, 6) is -2.73. The van der Waals surface area contributed by atoms with Crippen LogP contribution in [0.4, 0.5) is 8.78 Å². The first-order valence-electron chi connectivity index (χ1n) is 5.91. The number of hydrogen-bond donors (Lipinski definition) is 0. The van der Waals surface area contributed by atoms with Gasteiger partial charge in [-0.15, -0.1) is 11.6 Å². The number of rotatable bonds is 7. The van der Waals surface area contributed by atoms with Gasteiger partial charge in [-0.2, -0.15) is 4.31 Å². The zero-order chi connectivity index (χ0) is 15.3. The van der Waals surface area contributed by atoms with Crippen LogP contribution in [0.15, 0.2) is 17.0 Å². The Labute approximate surface area is 122 Å². The molecule has 1 aromatic carbocycles. The first kappa shape index (κ1) is 17.3. The minimum Gasteiger partial charge on any atom is -0.383 e. The van der Waals surface area contributed by atoms with Crippen LogP contribution in [0.5, 0.6) is 0 Å². The van der Waals surface area contributed by atoms with Gasteiger partial charge in [-0.1, -0.05) is 6.92 Å². The molecule has 8 heteroatoms. The van der Waals surface area contributed by atoms with Crippen molar-refractivity contribution in [3.8, 4) is 0 Å². The van der Waals surface area contributed by atoms with E-state index in [1.165, 1.54) is 7.11 Å². The van der Waals surface area contributed by atoms with Gasteiger partial charge in [0.15, 0.2) is 11.6 Å². The molecule has 0 saturated heterocycles. The fraction of sp³-hybridized carbons (Fsp3) is 0.500. The molecular formula is C12H16ClF2NO3S. The summed E-state index contributed by atoms with van der Waals surface area (Å²) < 4.78 is 57.7. The van der Waals surface area contributed by atoms with E-state index in [4.69, 9.17) is 16.3 Å². The topological polar surface area (TPSA) is 46.6 Å². The van der Waals surface area contributed by atoms with Gasteiger partial charge in [-0.3, -0.25) is 0 Å². The van der Waals surface area contributed by atoms with Gasteiger partial charge in [-0.05, 0) is 17.7 Å². The highest BCUT2D eigenvalue weighted by Gasteiger charge is 2.28. The number of halogens is 3. The predicted octanol–water partition coefficient (Wildman–Crippen LogP) is 2.36. The van der Waals surface area contributed by atoms with E-state index in [0.717, 1.165) is 16.4 Å². The van der Waals surface area contributed by atoms with Crippen molar-refractivity contribution >= 4 is 21.6 Å². The molecule has 0 bridgehead atoms. The molecule has 0 spiro atoms. The van der Waals surface area contributed by atoms with Crippen LogP contribution in [-0.2, 0) is 20.6 Å². The summed E-state index contributed by atoms with van der Waals surface area (Å²) in [4.78, 5) is -0.703. The number of likely N-dealkylation sites (N-methyl/N-ethyl adjacent to an activating group) is 1. The van der Waals surface area contributed by atoms with Crippen molar-refractivity contribution in [3.63, 3.8) is 0 Å². The predicted molar refractivity (Wildman–Crippen MR) is 72.2 cm³/mol. The molecule has 0 fully saturated rings. The van der Waals surface area contributed by atoms with Crippen molar-refractivity contribution in [2.45, 2.75) is 17.7 Å². The maximum atomic E-state index is 13.8. The third-order valence-corrected chi connectivity index (χ3v) is 5.01. The minimum absolute atomic E-state index is 0.0570. The van der Waals surface area contributed by atoms with E-state index < -0.39 is 26.6 Å². The van der Waals surface area contributed by atoms with Crippen molar-refractivity contribution in [3.05, 3.63) is 29.3 Å². The second-order valence-electron chi connectivity index (χ2n) is 4.01. The lowest BCUT2D eigenvalue weighted by Crippen LogP contribution is -2.34. The number of ether oxygens (including phenoxy) is 1. The summed E-state index contributed by atoms with van der Waals surface area (Å²) in [7, 11) is -2.70.